The van der Waals surface area contributed by atoms with E-state index in [1.165, 1.54) is 17.0 Å². The van der Waals surface area contributed by atoms with E-state index in [2.05, 4.69) is 0 Å². The molecule has 0 bridgehead atoms. The molecule has 0 aliphatic heterocycles. The molecule has 1 rings (SSSR count). The van der Waals surface area contributed by atoms with Gasteiger partial charge in [-0.1, -0.05) is 6.07 Å². The standard InChI is InChI=1S/C12H15FN2O3/c1-7(2)15(6-10(16)17)9-5-3-4-8(13)11(9)12(14)18/h3-5,7H,6H2,1-2H3,(H2,14,18)(H,16,17). The maximum absolute atomic E-state index is 13.6. The molecule has 98 valence electrons. The smallest absolute Gasteiger partial charge is 0.323 e. The molecule has 0 atom stereocenters. The first kappa shape index (κ1) is 14.0. The molecule has 6 heteroatoms. The highest BCUT2D eigenvalue weighted by Crippen LogP contribution is 2.24. The van der Waals surface area contributed by atoms with Gasteiger partial charge in [0.1, 0.15) is 12.4 Å². The highest BCUT2D eigenvalue weighted by atomic mass is 19.1. The Morgan fingerprint density at radius 2 is 2.06 bits per heavy atom. The van der Waals surface area contributed by atoms with Crippen LogP contribution in [0.25, 0.3) is 0 Å². The zero-order chi connectivity index (χ0) is 13.9. The minimum atomic E-state index is -1.07. The third-order valence-corrected chi connectivity index (χ3v) is 2.48. The van der Waals surface area contributed by atoms with Crippen LogP contribution in [-0.2, 0) is 4.79 Å². The molecular weight excluding hydrogens is 239 g/mol. The zero-order valence-corrected chi connectivity index (χ0v) is 10.2. The summed E-state index contributed by atoms with van der Waals surface area (Å²) in [5, 5.41) is 8.84. The van der Waals surface area contributed by atoms with Crippen molar-refractivity contribution in [3.05, 3.63) is 29.6 Å². The summed E-state index contributed by atoms with van der Waals surface area (Å²) < 4.78 is 13.6. The van der Waals surface area contributed by atoms with Crippen LogP contribution < -0.4 is 10.6 Å². The minimum Gasteiger partial charge on any atom is -0.480 e. The van der Waals surface area contributed by atoms with Gasteiger partial charge in [0.05, 0.1) is 11.3 Å². The fourth-order valence-corrected chi connectivity index (χ4v) is 1.69. The van der Waals surface area contributed by atoms with Crippen molar-refractivity contribution in [2.45, 2.75) is 19.9 Å². The molecule has 3 N–H and O–H groups in total. The molecule has 0 heterocycles. The van der Waals surface area contributed by atoms with E-state index in [0.29, 0.717) is 0 Å². The summed E-state index contributed by atoms with van der Waals surface area (Å²) in [6, 6.07) is 3.80. The summed E-state index contributed by atoms with van der Waals surface area (Å²) in [6.07, 6.45) is 0. The van der Waals surface area contributed by atoms with E-state index in [1.54, 1.807) is 13.8 Å². The van der Waals surface area contributed by atoms with Crippen molar-refractivity contribution >= 4 is 17.6 Å². The van der Waals surface area contributed by atoms with Crippen LogP contribution in [0, 0.1) is 5.82 Å². The van der Waals surface area contributed by atoms with Gasteiger partial charge in [0.15, 0.2) is 0 Å². The number of carbonyl (C=O) groups is 2. The Hall–Kier alpha value is -2.11. The van der Waals surface area contributed by atoms with Gasteiger partial charge in [0.2, 0.25) is 0 Å². The molecule has 0 saturated heterocycles. The summed E-state index contributed by atoms with van der Waals surface area (Å²) in [6.45, 7) is 3.17. The van der Waals surface area contributed by atoms with Gasteiger partial charge in [-0.15, -0.1) is 0 Å². The molecule has 18 heavy (non-hydrogen) atoms. The number of rotatable bonds is 5. The lowest BCUT2D eigenvalue weighted by molar-refractivity contribution is -0.135. The quantitative estimate of drug-likeness (QED) is 0.827. The SMILES string of the molecule is CC(C)N(CC(=O)O)c1cccc(F)c1C(N)=O. The Bertz CT molecular complexity index is 474. The van der Waals surface area contributed by atoms with Crippen LogP contribution >= 0.6 is 0 Å². The molecule has 1 aromatic carbocycles. The van der Waals surface area contributed by atoms with Gasteiger partial charge in [-0.25, -0.2) is 4.39 Å². The monoisotopic (exact) mass is 254 g/mol. The van der Waals surface area contributed by atoms with Crippen molar-refractivity contribution in [2.24, 2.45) is 5.73 Å². The molecule has 1 amide bonds. The Morgan fingerprint density at radius 3 is 2.50 bits per heavy atom. The second-order valence-electron chi connectivity index (χ2n) is 4.11. The molecule has 0 aromatic heterocycles. The van der Waals surface area contributed by atoms with Crippen molar-refractivity contribution in [1.82, 2.24) is 0 Å². The second-order valence-corrected chi connectivity index (χ2v) is 4.11. The van der Waals surface area contributed by atoms with E-state index >= 15 is 0 Å². The van der Waals surface area contributed by atoms with Crippen LogP contribution in [0.4, 0.5) is 10.1 Å². The maximum atomic E-state index is 13.6. The zero-order valence-electron chi connectivity index (χ0n) is 10.2. The Balaban J connectivity index is 3.32. The summed E-state index contributed by atoms with van der Waals surface area (Å²) >= 11 is 0. The average Bonchev–Trinajstić information content (AvgIpc) is 2.24. The average molecular weight is 254 g/mol. The highest BCUT2D eigenvalue weighted by Gasteiger charge is 2.22. The molecule has 1 aromatic rings. The third-order valence-electron chi connectivity index (χ3n) is 2.48. The van der Waals surface area contributed by atoms with E-state index in [9.17, 15) is 14.0 Å². The van der Waals surface area contributed by atoms with Gasteiger partial charge in [-0.05, 0) is 26.0 Å². The lowest BCUT2D eigenvalue weighted by atomic mass is 10.1. The summed E-state index contributed by atoms with van der Waals surface area (Å²) in [7, 11) is 0. The number of hydrogen-bond acceptors (Lipinski definition) is 3. The first-order valence-corrected chi connectivity index (χ1v) is 5.41. The predicted octanol–water partition coefficient (Wildman–Crippen LogP) is 1.22. The summed E-state index contributed by atoms with van der Waals surface area (Å²) in [5.41, 5.74) is 5.04. The van der Waals surface area contributed by atoms with Crippen LogP contribution in [0.3, 0.4) is 0 Å². The predicted molar refractivity (Wildman–Crippen MR) is 65.0 cm³/mol. The molecule has 0 aliphatic carbocycles. The molecule has 0 spiro atoms. The number of aliphatic carboxylic acids is 1. The molecule has 0 radical (unpaired) electrons. The van der Waals surface area contributed by atoms with E-state index in [4.69, 9.17) is 10.8 Å². The number of hydrogen-bond donors (Lipinski definition) is 2. The summed E-state index contributed by atoms with van der Waals surface area (Å²) in [4.78, 5) is 23.5. The Labute approximate surface area is 104 Å². The number of primary amides is 1. The van der Waals surface area contributed by atoms with Crippen molar-refractivity contribution < 1.29 is 19.1 Å². The number of carboxylic acid groups (broad SMARTS) is 1. The fourth-order valence-electron chi connectivity index (χ4n) is 1.69. The molecule has 0 saturated carbocycles. The van der Waals surface area contributed by atoms with E-state index < -0.39 is 17.7 Å². The van der Waals surface area contributed by atoms with Crippen molar-refractivity contribution in [1.29, 1.82) is 0 Å². The van der Waals surface area contributed by atoms with Crippen molar-refractivity contribution in [3.8, 4) is 0 Å². The van der Waals surface area contributed by atoms with E-state index in [-0.39, 0.29) is 23.8 Å². The largest absolute Gasteiger partial charge is 0.480 e. The van der Waals surface area contributed by atoms with Crippen molar-refractivity contribution in [3.63, 3.8) is 0 Å². The normalized spacial score (nSPS) is 10.4. The number of anilines is 1. The Kier molecular flexibility index (Phi) is 4.25. The summed E-state index contributed by atoms with van der Waals surface area (Å²) in [5.74, 6) is -2.74. The van der Waals surface area contributed by atoms with Crippen LogP contribution in [-0.4, -0.2) is 29.6 Å². The highest BCUT2D eigenvalue weighted by molar-refractivity contribution is 5.99. The number of amides is 1. The van der Waals surface area contributed by atoms with Gasteiger partial charge in [0.25, 0.3) is 5.91 Å². The first-order valence-electron chi connectivity index (χ1n) is 5.41. The number of nitrogens with two attached hydrogens (primary N) is 1. The van der Waals surface area contributed by atoms with Crippen LogP contribution in [0.2, 0.25) is 0 Å². The molecule has 5 nitrogen and oxygen atoms in total. The fraction of sp³-hybridized carbons (Fsp3) is 0.333. The van der Waals surface area contributed by atoms with Crippen LogP contribution in [0.15, 0.2) is 18.2 Å². The van der Waals surface area contributed by atoms with Crippen LogP contribution in [0.1, 0.15) is 24.2 Å². The minimum absolute atomic E-state index is 0.194. The van der Waals surface area contributed by atoms with Gasteiger partial charge in [-0.3, -0.25) is 9.59 Å². The number of benzene rings is 1. The lowest BCUT2D eigenvalue weighted by Gasteiger charge is -2.28. The molecule has 0 unspecified atom stereocenters. The van der Waals surface area contributed by atoms with E-state index in [1.807, 2.05) is 0 Å². The topological polar surface area (TPSA) is 83.6 Å². The number of carbonyl (C=O) groups excluding carboxylic acids is 1. The molecular formula is C12H15FN2O3. The first-order chi connectivity index (χ1) is 8.34. The maximum Gasteiger partial charge on any atom is 0.323 e. The van der Waals surface area contributed by atoms with Gasteiger partial charge < -0.3 is 15.7 Å². The van der Waals surface area contributed by atoms with Gasteiger partial charge in [0, 0.05) is 6.04 Å². The molecule has 0 fully saturated rings. The van der Waals surface area contributed by atoms with Gasteiger partial charge in [-0.2, -0.15) is 0 Å². The van der Waals surface area contributed by atoms with Crippen molar-refractivity contribution in [2.75, 3.05) is 11.4 Å². The van der Waals surface area contributed by atoms with E-state index in [0.717, 1.165) is 6.07 Å². The number of carboxylic acids is 1. The molecule has 0 aliphatic rings. The number of halogens is 1. The second kappa shape index (κ2) is 5.48. The Morgan fingerprint density at radius 1 is 1.44 bits per heavy atom. The third kappa shape index (κ3) is 2.97. The lowest BCUT2D eigenvalue weighted by Crippen LogP contribution is -2.37. The van der Waals surface area contributed by atoms with Gasteiger partial charge >= 0.3 is 5.97 Å². The number of nitrogens with zero attached hydrogens (tertiary/aromatic N) is 1. The van der Waals surface area contributed by atoms with Crippen LogP contribution in [0.5, 0.6) is 0 Å².